The van der Waals surface area contributed by atoms with E-state index in [1.165, 1.54) is 11.7 Å². The van der Waals surface area contributed by atoms with Gasteiger partial charge in [-0.1, -0.05) is 50.0 Å². The van der Waals surface area contributed by atoms with E-state index in [0.29, 0.717) is 0 Å². The number of hydrogen-bond donors (Lipinski definition) is 0. The first-order valence-corrected chi connectivity index (χ1v) is 10.5. The molecule has 0 aromatic heterocycles. The Morgan fingerprint density at radius 3 is 2.37 bits per heavy atom. The first-order chi connectivity index (χ1) is 8.85. The maximum absolute atomic E-state index is 8.65. The van der Waals surface area contributed by atoms with E-state index >= 15 is 0 Å². The Morgan fingerprint density at radius 2 is 1.84 bits per heavy atom. The number of nitriles is 1. The summed E-state index contributed by atoms with van der Waals surface area (Å²) in [6.07, 6.45) is 4.83. The van der Waals surface area contributed by atoms with Crippen LogP contribution in [-0.4, -0.2) is 32.3 Å². The highest BCUT2D eigenvalue weighted by Gasteiger charge is 2.29. The second-order valence-corrected chi connectivity index (χ2v) is 12.1. The van der Waals surface area contributed by atoms with Crippen LogP contribution in [0.25, 0.3) is 0 Å². The summed E-state index contributed by atoms with van der Waals surface area (Å²) in [5, 5.41) is 8.65. The van der Waals surface area contributed by atoms with Crippen molar-refractivity contribution in [3.8, 4) is 6.07 Å². The molecule has 0 saturated heterocycles. The van der Waals surface area contributed by atoms with Crippen molar-refractivity contribution in [3.63, 3.8) is 0 Å². The highest BCUT2D eigenvalue weighted by Crippen LogP contribution is 2.17. The van der Waals surface area contributed by atoms with Crippen molar-refractivity contribution in [1.29, 1.82) is 5.26 Å². The maximum Gasteiger partial charge on any atom is 0.110 e. The van der Waals surface area contributed by atoms with Crippen molar-refractivity contribution < 1.29 is 4.48 Å². The van der Waals surface area contributed by atoms with Gasteiger partial charge in [-0.2, -0.15) is 5.26 Å². The van der Waals surface area contributed by atoms with Gasteiger partial charge in [0.15, 0.2) is 0 Å². The molecule has 0 spiro atoms. The van der Waals surface area contributed by atoms with Crippen LogP contribution < -0.4 is 0 Å². The molecule has 1 rings (SSSR count). The monoisotopic (exact) mass is 273 g/mol. The Balaban J connectivity index is 2.85. The van der Waals surface area contributed by atoms with Crippen molar-refractivity contribution in [1.82, 2.24) is 0 Å². The van der Waals surface area contributed by atoms with E-state index in [1.807, 2.05) is 6.08 Å². The molecule has 0 fully saturated rings. The SMILES string of the molecule is C[N+](C/C=C/C#N)(Cc1ccccc1)C[Si](C)(C)C. The zero-order chi connectivity index (χ0) is 14.4. The molecule has 0 heterocycles. The van der Waals surface area contributed by atoms with Gasteiger partial charge in [0.1, 0.15) is 14.6 Å². The van der Waals surface area contributed by atoms with Crippen LogP contribution in [0.3, 0.4) is 0 Å². The van der Waals surface area contributed by atoms with Gasteiger partial charge in [0.25, 0.3) is 0 Å². The number of rotatable bonds is 6. The molecule has 0 bridgehead atoms. The minimum Gasteiger partial charge on any atom is -0.322 e. The van der Waals surface area contributed by atoms with Gasteiger partial charge in [0, 0.05) is 11.6 Å². The van der Waals surface area contributed by atoms with Gasteiger partial charge in [-0.3, -0.25) is 0 Å². The lowest BCUT2D eigenvalue weighted by Crippen LogP contribution is -2.52. The Hall–Kier alpha value is -1.37. The van der Waals surface area contributed by atoms with Crippen LogP contribution >= 0.6 is 0 Å². The Bertz CT molecular complexity index is 454. The molecular weight excluding hydrogens is 248 g/mol. The first kappa shape index (κ1) is 15.7. The van der Waals surface area contributed by atoms with E-state index in [9.17, 15) is 0 Å². The van der Waals surface area contributed by atoms with E-state index in [2.05, 4.69) is 63.1 Å². The van der Waals surface area contributed by atoms with Crippen LogP contribution in [0.1, 0.15) is 5.56 Å². The number of quaternary nitrogens is 1. The summed E-state index contributed by atoms with van der Waals surface area (Å²) in [7, 11) is 1.15. The minimum atomic E-state index is -1.15. The van der Waals surface area contributed by atoms with Crippen molar-refractivity contribution in [3.05, 3.63) is 48.0 Å². The molecule has 0 radical (unpaired) electrons. The normalized spacial score (nSPS) is 15.1. The molecule has 3 heteroatoms. The predicted molar refractivity (Wildman–Crippen MR) is 84.2 cm³/mol. The van der Waals surface area contributed by atoms with Crippen LogP contribution in [0.15, 0.2) is 42.5 Å². The molecule has 0 aliphatic rings. The first-order valence-electron chi connectivity index (χ1n) is 6.77. The molecule has 1 atom stereocenters. The molecule has 0 amide bonds. The lowest BCUT2D eigenvalue weighted by Gasteiger charge is -2.38. The van der Waals surface area contributed by atoms with Crippen LogP contribution in [0, 0.1) is 11.3 Å². The standard InChI is InChI=1S/C16H25N2Si/c1-18(13-9-8-12-17,15-19(2,3)4)14-16-10-6-5-7-11-16/h5-11H,13-15H2,1-4H3/q+1/b9-8+. The van der Waals surface area contributed by atoms with Crippen molar-refractivity contribution in [2.75, 3.05) is 19.8 Å². The average molecular weight is 273 g/mol. The fraction of sp³-hybridized carbons (Fsp3) is 0.438. The molecule has 1 aromatic rings. The Morgan fingerprint density at radius 1 is 1.21 bits per heavy atom. The molecule has 1 unspecified atom stereocenters. The van der Waals surface area contributed by atoms with Gasteiger partial charge in [-0.05, 0) is 6.08 Å². The number of hydrogen-bond acceptors (Lipinski definition) is 1. The summed E-state index contributed by atoms with van der Waals surface area (Å²) in [6.45, 7) is 9.17. The lowest BCUT2D eigenvalue weighted by molar-refractivity contribution is -0.907. The average Bonchev–Trinajstić information content (AvgIpc) is 2.27. The van der Waals surface area contributed by atoms with Crippen molar-refractivity contribution in [2.24, 2.45) is 0 Å². The zero-order valence-electron chi connectivity index (χ0n) is 12.6. The fourth-order valence-corrected chi connectivity index (χ4v) is 5.25. The lowest BCUT2D eigenvalue weighted by atomic mass is 10.2. The highest BCUT2D eigenvalue weighted by molar-refractivity contribution is 6.75. The zero-order valence-corrected chi connectivity index (χ0v) is 13.6. The molecule has 0 aliphatic carbocycles. The van der Waals surface area contributed by atoms with Gasteiger partial charge in [-0.15, -0.1) is 0 Å². The van der Waals surface area contributed by atoms with Crippen LogP contribution in [0.2, 0.25) is 19.6 Å². The van der Waals surface area contributed by atoms with E-state index < -0.39 is 8.07 Å². The molecule has 0 aliphatic heterocycles. The molecule has 0 N–H and O–H groups in total. The third kappa shape index (κ3) is 6.37. The molecule has 19 heavy (non-hydrogen) atoms. The van der Waals surface area contributed by atoms with Gasteiger partial charge in [-0.25, -0.2) is 0 Å². The van der Waals surface area contributed by atoms with Crippen LogP contribution in [0.5, 0.6) is 0 Å². The van der Waals surface area contributed by atoms with E-state index in [0.717, 1.165) is 17.6 Å². The number of nitrogens with zero attached hydrogens (tertiary/aromatic N) is 2. The van der Waals surface area contributed by atoms with E-state index in [-0.39, 0.29) is 0 Å². The third-order valence-corrected chi connectivity index (χ3v) is 4.71. The van der Waals surface area contributed by atoms with Crippen LogP contribution in [-0.2, 0) is 6.54 Å². The maximum atomic E-state index is 8.65. The number of likely N-dealkylation sites (N-methyl/N-ethyl adjacent to an activating group) is 1. The summed E-state index contributed by atoms with van der Waals surface area (Å²) in [4.78, 5) is 0. The quantitative estimate of drug-likeness (QED) is 0.441. The van der Waals surface area contributed by atoms with Crippen molar-refractivity contribution >= 4 is 8.07 Å². The minimum absolute atomic E-state index is 0.923. The van der Waals surface area contributed by atoms with Gasteiger partial charge in [0.2, 0.25) is 0 Å². The molecular formula is C16H25N2Si+. The number of allylic oxidation sites excluding steroid dienone is 1. The highest BCUT2D eigenvalue weighted by atomic mass is 28.3. The summed E-state index contributed by atoms with van der Waals surface area (Å²) >= 11 is 0. The molecule has 102 valence electrons. The Kier molecular flexibility index (Phi) is 5.53. The molecule has 2 nitrogen and oxygen atoms in total. The topological polar surface area (TPSA) is 23.8 Å². The van der Waals surface area contributed by atoms with Gasteiger partial charge < -0.3 is 4.48 Å². The predicted octanol–water partition coefficient (Wildman–Crippen LogP) is 3.59. The van der Waals surface area contributed by atoms with Gasteiger partial charge >= 0.3 is 0 Å². The van der Waals surface area contributed by atoms with Gasteiger partial charge in [0.05, 0.1) is 25.8 Å². The second kappa shape index (κ2) is 6.69. The van der Waals surface area contributed by atoms with Crippen LogP contribution in [0.4, 0.5) is 0 Å². The molecule has 1 aromatic carbocycles. The van der Waals surface area contributed by atoms with E-state index in [1.54, 1.807) is 6.08 Å². The largest absolute Gasteiger partial charge is 0.322 e. The molecule has 0 saturated carbocycles. The van der Waals surface area contributed by atoms with E-state index in [4.69, 9.17) is 5.26 Å². The third-order valence-electron chi connectivity index (χ3n) is 3.00. The smallest absolute Gasteiger partial charge is 0.110 e. The summed E-state index contributed by atoms with van der Waals surface area (Å²) in [5.74, 6) is 0. The fourth-order valence-electron chi connectivity index (χ4n) is 2.71. The summed E-state index contributed by atoms with van der Waals surface area (Å²) < 4.78 is 0.984. The summed E-state index contributed by atoms with van der Waals surface area (Å²) in [6, 6.07) is 12.7. The Labute approximate surface area is 118 Å². The number of benzene rings is 1. The van der Waals surface area contributed by atoms with Crippen molar-refractivity contribution in [2.45, 2.75) is 26.2 Å². The summed E-state index contributed by atoms with van der Waals surface area (Å²) in [5.41, 5.74) is 1.37. The second-order valence-electron chi connectivity index (χ2n) is 6.70.